The second-order valence-electron chi connectivity index (χ2n) is 6.70. The lowest BCUT2D eigenvalue weighted by molar-refractivity contribution is 0.309. The molecule has 2 N–H and O–H groups in total. The van der Waals surface area contributed by atoms with Crippen molar-refractivity contribution in [3.63, 3.8) is 0 Å². The van der Waals surface area contributed by atoms with Crippen LogP contribution in [0.3, 0.4) is 0 Å². The number of hydrogen-bond donors (Lipinski definition) is 2. The van der Waals surface area contributed by atoms with Crippen LogP contribution in [0.5, 0.6) is 11.5 Å². The zero-order valence-electron chi connectivity index (χ0n) is 16.8. The van der Waals surface area contributed by atoms with Gasteiger partial charge in [0.15, 0.2) is 9.40 Å². The van der Waals surface area contributed by atoms with Crippen molar-refractivity contribution in [1.29, 1.82) is 0 Å². The number of thiophene rings is 1. The Kier molecular flexibility index (Phi) is 7.91. The smallest absolute Gasteiger partial charge is 0.181 e. The predicted molar refractivity (Wildman–Crippen MR) is 117 cm³/mol. The van der Waals surface area contributed by atoms with Crippen LogP contribution in [-0.2, 0) is 0 Å². The van der Waals surface area contributed by atoms with Gasteiger partial charge in [-0.05, 0) is 74.0 Å². The zero-order valence-corrected chi connectivity index (χ0v) is 17.6. The van der Waals surface area contributed by atoms with Gasteiger partial charge in [0.25, 0.3) is 0 Å². The average molecular weight is 403 g/mol. The Morgan fingerprint density at radius 2 is 1.25 bits per heavy atom. The summed E-state index contributed by atoms with van der Waals surface area (Å²) >= 11 is 0. The van der Waals surface area contributed by atoms with E-state index < -0.39 is 10.8 Å². The molecule has 0 atom stereocenters. The summed E-state index contributed by atoms with van der Waals surface area (Å²) in [5.74, 6) is 1.63. The molecule has 5 nitrogen and oxygen atoms in total. The van der Waals surface area contributed by atoms with Crippen molar-refractivity contribution in [3.05, 3.63) is 36.4 Å². The van der Waals surface area contributed by atoms with Gasteiger partial charge in [0.1, 0.15) is 11.5 Å². The number of hydrogen-bond acceptors (Lipinski definition) is 5. The monoisotopic (exact) mass is 402 g/mol. The maximum Gasteiger partial charge on any atom is 0.181 e. The lowest BCUT2D eigenvalue weighted by atomic mass is 10.1. The topological polar surface area (TPSA) is 65.6 Å². The first-order valence-corrected chi connectivity index (χ1v) is 11.3. The molecular weight excluding hydrogens is 372 g/mol. The van der Waals surface area contributed by atoms with E-state index in [9.17, 15) is 4.55 Å². The van der Waals surface area contributed by atoms with Crippen LogP contribution in [0.4, 0.5) is 0 Å². The van der Waals surface area contributed by atoms with Gasteiger partial charge >= 0.3 is 0 Å². The molecule has 3 rings (SSSR count). The maximum atomic E-state index is 12.8. The van der Waals surface area contributed by atoms with Gasteiger partial charge in [-0.25, -0.2) is 0 Å². The molecule has 0 aliphatic rings. The third-order valence-corrected chi connectivity index (χ3v) is 6.14. The highest BCUT2D eigenvalue weighted by Gasteiger charge is 2.17. The van der Waals surface area contributed by atoms with Crippen molar-refractivity contribution in [1.82, 2.24) is 10.6 Å². The molecule has 1 heterocycles. The molecule has 0 fully saturated rings. The molecular formula is C22H30N2O3S. The highest BCUT2D eigenvalue weighted by atomic mass is 32.2. The molecule has 1 aromatic heterocycles. The highest BCUT2D eigenvalue weighted by molar-refractivity contribution is 7.37. The molecule has 0 unspecified atom stereocenters. The molecule has 0 saturated carbocycles. The van der Waals surface area contributed by atoms with Crippen LogP contribution in [0.25, 0.3) is 20.2 Å². The van der Waals surface area contributed by atoms with Crippen molar-refractivity contribution in [3.8, 4) is 11.5 Å². The van der Waals surface area contributed by atoms with E-state index in [0.717, 1.165) is 70.7 Å². The fourth-order valence-corrected chi connectivity index (χ4v) is 4.55. The first-order valence-electron chi connectivity index (χ1n) is 10.1. The fourth-order valence-electron chi connectivity index (χ4n) is 3.19. The van der Waals surface area contributed by atoms with E-state index in [1.165, 1.54) is 0 Å². The van der Waals surface area contributed by atoms with Gasteiger partial charge in [0.05, 0.1) is 24.0 Å². The molecule has 6 heteroatoms. The number of rotatable bonds is 12. The molecule has 0 bridgehead atoms. The standard InChI is InChI=1S/C22H30N2O3S/c1-3-23-11-5-13-26-17-7-9-21-19(15-17)20-16-18(8-10-22(20)28(21)25)27-14-6-12-24-4-2/h7-10,15-16,23-24H,3-6,11-14H2,1-2H3. The summed E-state index contributed by atoms with van der Waals surface area (Å²) in [4.78, 5) is 0. The minimum absolute atomic E-state index is 0.663. The summed E-state index contributed by atoms with van der Waals surface area (Å²) in [6.07, 6.45) is 1.91. The van der Waals surface area contributed by atoms with Crippen LogP contribution in [0, 0.1) is 0 Å². The van der Waals surface area contributed by atoms with Gasteiger partial charge < -0.3 is 24.7 Å². The predicted octanol–water partition coefficient (Wildman–Crippen LogP) is 4.48. The molecule has 3 aromatic rings. The Morgan fingerprint density at radius 3 is 1.68 bits per heavy atom. The average Bonchev–Trinajstić information content (AvgIpc) is 2.99. The van der Waals surface area contributed by atoms with E-state index >= 15 is 0 Å². The first-order chi connectivity index (χ1) is 13.7. The van der Waals surface area contributed by atoms with E-state index in [2.05, 4.69) is 24.5 Å². The van der Waals surface area contributed by atoms with Crippen LogP contribution in [-0.4, -0.2) is 43.9 Å². The Labute approximate surface area is 169 Å². The molecule has 0 amide bonds. The Bertz CT molecular complexity index is 823. The molecule has 0 aliphatic heterocycles. The summed E-state index contributed by atoms with van der Waals surface area (Å²) in [7, 11) is -1.14. The van der Waals surface area contributed by atoms with Crippen LogP contribution < -0.4 is 20.1 Å². The van der Waals surface area contributed by atoms with Gasteiger partial charge in [-0.1, -0.05) is 13.8 Å². The van der Waals surface area contributed by atoms with E-state index in [4.69, 9.17) is 9.47 Å². The Balaban J connectivity index is 1.74. The van der Waals surface area contributed by atoms with Gasteiger partial charge in [-0.15, -0.1) is 0 Å². The SMILES string of the molecule is CCNCCCOc1ccc2c(c1)c1cc(OCCCNCC)ccc1[s+]2[O-]. The Morgan fingerprint density at radius 1 is 0.786 bits per heavy atom. The quantitative estimate of drug-likeness (QED) is 0.345. The number of ether oxygens (including phenoxy) is 2. The van der Waals surface area contributed by atoms with Gasteiger partial charge in [0.2, 0.25) is 0 Å². The lowest BCUT2D eigenvalue weighted by Gasteiger charge is -2.07. The molecule has 0 spiro atoms. The molecule has 0 aliphatic carbocycles. The largest absolute Gasteiger partial charge is 0.590 e. The summed E-state index contributed by atoms with van der Waals surface area (Å²) in [6.45, 7) is 9.36. The van der Waals surface area contributed by atoms with Crippen molar-refractivity contribution >= 4 is 30.9 Å². The van der Waals surface area contributed by atoms with Gasteiger partial charge in [-0.3, -0.25) is 0 Å². The van der Waals surface area contributed by atoms with E-state index in [1.54, 1.807) is 0 Å². The summed E-state index contributed by atoms with van der Waals surface area (Å²) in [6, 6.07) is 11.7. The van der Waals surface area contributed by atoms with Crippen LogP contribution in [0.1, 0.15) is 26.7 Å². The number of benzene rings is 2. The maximum absolute atomic E-state index is 12.8. The Hall–Kier alpha value is -1.86. The van der Waals surface area contributed by atoms with Crippen molar-refractivity contribution in [2.24, 2.45) is 0 Å². The second-order valence-corrected chi connectivity index (χ2v) is 8.11. The molecule has 0 radical (unpaired) electrons. The minimum Gasteiger partial charge on any atom is -0.590 e. The van der Waals surface area contributed by atoms with E-state index in [1.807, 2.05) is 36.4 Å². The second kappa shape index (κ2) is 10.6. The zero-order chi connectivity index (χ0) is 19.8. The summed E-state index contributed by atoms with van der Waals surface area (Å²) in [5.41, 5.74) is 0. The van der Waals surface area contributed by atoms with E-state index in [-0.39, 0.29) is 0 Å². The van der Waals surface area contributed by atoms with Gasteiger partial charge in [0, 0.05) is 12.1 Å². The third-order valence-electron chi connectivity index (χ3n) is 4.62. The molecule has 152 valence electrons. The number of fused-ring (bicyclic) bond motifs is 3. The normalized spacial score (nSPS) is 11.4. The van der Waals surface area contributed by atoms with Crippen molar-refractivity contribution < 1.29 is 14.0 Å². The van der Waals surface area contributed by atoms with Crippen molar-refractivity contribution in [2.45, 2.75) is 26.7 Å². The first kappa shape index (κ1) is 20.9. The number of nitrogens with one attached hydrogen (secondary N) is 2. The summed E-state index contributed by atoms with van der Waals surface area (Å²) in [5, 5.41) is 8.55. The van der Waals surface area contributed by atoms with E-state index in [0.29, 0.717) is 13.2 Å². The highest BCUT2D eigenvalue weighted by Crippen LogP contribution is 2.43. The van der Waals surface area contributed by atoms with Crippen LogP contribution in [0.2, 0.25) is 0 Å². The molecule has 2 aromatic carbocycles. The fraction of sp³-hybridized carbons (Fsp3) is 0.455. The van der Waals surface area contributed by atoms with Crippen molar-refractivity contribution in [2.75, 3.05) is 39.4 Å². The summed E-state index contributed by atoms with van der Waals surface area (Å²) < 4.78 is 26.2. The molecule has 0 saturated heterocycles. The van der Waals surface area contributed by atoms with Gasteiger partial charge in [-0.2, -0.15) is 0 Å². The minimum atomic E-state index is -1.14. The van der Waals surface area contributed by atoms with Crippen LogP contribution >= 0.6 is 10.8 Å². The lowest BCUT2D eigenvalue weighted by Crippen LogP contribution is -2.16. The van der Waals surface area contributed by atoms with Crippen LogP contribution in [0.15, 0.2) is 36.4 Å². The molecule has 28 heavy (non-hydrogen) atoms. The third kappa shape index (κ3) is 5.14.